The number of hydrogen-bond acceptors (Lipinski definition) is 4. The summed E-state index contributed by atoms with van der Waals surface area (Å²) < 4.78 is 38.6. The maximum Gasteiger partial charge on any atom is 0.416 e. The maximum absolute atomic E-state index is 12.9. The van der Waals surface area contributed by atoms with Crippen LogP contribution in [0, 0.1) is 6.92 Å². The number of carbonyl (C=O) groups is 3. The van der Waals surface area contributed by atoms with Gasteiger partial charge in [-0.3, -0.25) is 14.4 Å². The zero-order valence-corrected chi connectivity index (χ0v) is 20.2. The van der Waals surface area contributed by atoms with Crippen molar-refractivity contribution in [3.05, 3.63) is 70.8 Å². The Morgan fingerprint density at radius 1 is 0.971 bits per heavy atom. The number of benzene rings is 2. The fourth-order valence-electron chi connectivity index (χ4n) is 3.17. The summed E-state index contributed by atoms with van der Waals surface area (Å²) in [6.07, 6.45) is -4.59. The molecule has 0 bridgehead atoms. The van der Waals surface area contributed by atoms with Gasteiger partial charge in [-0.15, -0.1) is 0 Å². The van der Waals surface area contributed by atoms with Gasteiger partial charge in [0.05, 0.1) is 12.1 Å². The van der Waals surface area contributed by atoms with Crippen molar-refractivity contribution >= 4 is 17.7 Å². The molecular formula is C25H31F3N4O3. The van der Waals surface area contributed by atoms with Gasteiger partial charge >= 0.3 is 6.18 Å². The average Bonchev–Trinajstić information content (AvgIpc) is 2.76. The molecule has 0 saturated carbocycles. The van der Waals surface area contributed by atoms with Crippen LogP contribution < -0.4 is 21.3 Å². The molecule has 190 valence electrons. The summed E-state index contributed by atoms with van der Waals surface area (Å²) in [7, 11) is 0. The summed E-state index contributed by atoms with van der Waals surface area (Å²) in [6.45, 7) is 7.49. The van der Waals surface area contributed by atoms with Crippen LogP contribution in [0.1, 0.15) is 47.8 Å². The van der Waals surface area contributed by atoms with Crippen molar-refractivity contribution in [3.63, 3.8) is 0 Å². The molecule has 0 radical (unpaired) electrons. The lowest BCUT2D eigenvalue weighted by molar-refractivity contribution is -0.137. The Morgan fingerprint density at radius 3 is 2.29 bits per heavy atom. The van der Waals surface area contributed by atoms with Crippen LogP contribution in [-0.2, 0) is 22.3 Å². The molecule has 0 aliphatic heterocycles. The van der Waals surface area contributed by atoms with Gasteiger partial charge in [0.1, 0.15) is 6.04 Å². The molecule has 2 aromatic carbocycles. The molecule has 2 rings (SSSR count). The summed E-state index contributed by atoms with van der Waals surface area (Å²) in [5.41, 5.74) is 0.398. The molecule has 4 N–H and O–H groups in total. The van der Waals surface area contributed by atoms with Crippen molar-refractivity contribution in [1.29, 1.82) is 0 Å². The lowest BCUT2D eigenvalue weighted by Gasteiger charge is -2.26. The molecule has 0 aliphatic rings. The van der Waals surface area contributed by atoms with Gasteiger partial charge < -0.3 is 21.3 Å². The second kappa shape index (κ2) is 11.8. The van der Waals surface area contributed by atoms with E-state index in [1.807, 2.05) is 31.2 Å². The number of rotatable bonds is 9. The molecule has 0 aromatic heterocycles. The van der Waals surface area contributed by atoms with Gasteiger partial charge in [-0.25, -0.2) is 0 Å². The third kappa shape index (κ3) is 9.40. The lowest BCUT2D eigenvalue weighted by Crippen LogP contribution is -2.56. The van der Waals surface area contributed by atoms with Gasteiger partial charge in [0.25, 0.3) is 5.91 Å². The minimum Gasteiger partial charge on any atom is -0.350 e. The Labute approximate surface area is 202 Å². The lowest BCUT2D eigenvalue weighted by atomic mass is 10.1. The molecule has 0 heterocycles. The van der Waals surface area contributed by atoms with E-state index in [9.17, 15) is 27.6 Å². The second-order valence-electron chi connectivity index (χ2n) is 9.18. The maximum atomic E-state index is 12.9. The summed E-state index contributed by atoms with van der Waals surface area (Å²) in [5, 5.41) is 10.8. The van der Waals surface area contributed by atoms with Gasteiger partial charge in [-0.1, -0.05) is 30.3 Å². The standard InChI is InChI=1S/C25H31F3N4O3/c1-16-8-5-6-9-18(16)13-29-14-20(23(35)32-24(2,3)4)31-21(33)15-30-22(34)17-10-7-11-19(12-17)25(26,27)28/h5-12,20,29H,13-15H2,1-4H3,(H,30,34)(H,31,33)(H,32,35). The van der Waals surface area contributed by atoms with Gasteiger partial charge in [-0.05, 0) is 57.0 Å². The summed E-state index contributed by atoms with van der Waals surface area (Å²) in [5.74, 6) is -1.90. The highest BCUT2D eigenvalue weighted by atomic mass is 19.4. The molecule has 7 nitrogen and oxygen atoms in total. The highest BCUT2D eigenvalue weighted by Gasteiger charge is 2.31. The quantitative estimate of drug-likeness (QED) is 0.433. The van der Waals surface area contributed by atoms with Crippen molar-refractivity contribution in [1.82, 2.24) is 21.3 Å². The first kappa shape index (κ1) is 27.8. The van der Waals surface area contributed by atoms with E-state index < -0.39 is 47.6 Å². The molecule has 0 fully saturated rings. The summed E-state index contributed by atoms with van der Waals surface area (Å²) >= 11 is 0. The number of amides is 3. The number of aryl methyl sites for hydroxylation is 1. The first-order chi connectivity index (χ1) is 16.3. The van der Waals surface area contributed by atoms with Gasteiger partial charge in [0.15, 0.2) is 0 Å². The van der Waals surface area contributed by atoms with E-state index in [2.05, 4.69) is 21.3 Å². The van der Waals surface area contributed by atoms with Crippen LogP contribution in [0.4, 0.5) is 13.2 Å². The SMILES string of the molecule is Cc1ccccc1CNCC(NC(=O)CNC(=O)c1cccc(C(F)(F)F)c1)C(=O)NC(C)(C)C. The van der Waals surface area contributed by atoms with E-state index in [-0.39, 0.29) is 12.1 Å². The molecule has 1 unspecified atom stereocenters. The van der Waals surface area contributed by atoms with E-state index in [0.29, 0.717) is 12.6 Å². The van der Waals surface area contributed by atoms with Crippen molar-refractivity contribution < 1.29 is 27.6 Å². The van der Waals surface area contributed by atoms with Gasteiger partial charge in [0.2, 0.25) is 11.8 Å². The van der Waals surface area contributed by atoms with Crippen molar-refractivity contribution in [2.24, 2.45) is 0 Å². The number of carbonyl (C=O) groups excluding carboxylic acids is 3. The predicted molar refractivity (Wildman–Crippen MR) is 126 cm³/mol. The number of hydrogen-bond donors (Lipinski definition) is 4. The van der Waals surface area contributed by atoms with Crippen molar-refractivity contribution in [3.8, 4) is 0 Å². The Hall–Kier alpha value is -3.40. The van der Waals surface area contributed by atoms with Crippen molar-refractivity contribution in [2.75, 3.05) is 13.1 Å². The molecule has 3 amide bonds. The number of halogens is 3. The van der Waals surface area contributed by atoms with Crippen LogP contribution >= 0.6 is 0 Å². The predicted octanol–water partition coefficient (Wildman–Crippen LogP) is 2.93. The molecule has 1 atom stereocenters. The van der Waals surface area contributed by atoms with Gasteiger partial charge in [0, 0.05) is 24.2 Å². The van der Waals surface area contributed by atoms with Crippen LogP contribution in [0.5, 0.6) is 0 Å². The normalized spacial score (nSPS) is 12.5. The Morgan fingerprint density at radius 2 is 1.66 bits per heavy atom. The number of nitrogens with one attached hydrogen (secondary N) is 4. The summed E-state index contributed by atoms with van der Waals surface area (Å²) in [6, 6.07) is 10.7. The largest absolute Gasteiger partial charge is 0.416 e. The number of alkyl halides is 3. The third-order valence-corrected chi connectivity index (χ3v) is 4.94. The zero-order chi connectivity index (χ0) is 26.2. The van der Waals surface area contributed by atoms with Crippen LogP contribution in [0.25, 0.3) is 0 Å². The highest BCUT2D eigenvalue weighted by molar-refractivity contribution is 5.97. The van der Waals surface area contributed by atoms with Gasteiger partial charge in [-0.2, -0.15) is 13.2 Å². The molecule has 35 heavy (non-hydrogen) atoms. The second-order valence-corrected chi connectivity index (χ2v) is 9.18. The molecule has 0 spiro atoms. The van der Waals surface area contributed by atoms with E-state index in [0.717, 1.165) is 23.3 Å². The fraction of sp³-hybridized carbons (Fsp3) is 0.400. The van der Waals surface area contributed by atoms with Crippen LogP contribution in [-0.4, -0.2) is 42.4 Å². The van der Waals surface area contributed by atoms with E-state index in [1.165, 1.54) is 6.07 Å². The van der Waals surface area contributed by atoms with Crippen LogP contribution in [0.3, 0.4) is 0 Å². The zero-order valence-electron chi connectivity index (χ0n) is 20.2. The molecule has 0 saturated heterocycles. The first-order valence-electron chi connectivity index (χ1n) is 11.1. The average molecular weight is 493 g/mol. The van der Waals surface area contributed by atoms with Crippen molar-refractivity contribution in [2.45, 2.75) is 52.0 Å². The first-order valence-corrected chi connectivity index (χ1v) is 11.1. The minimum absolute atomic E-state index is 0.129. The smallest absolute Gasteiger partial charge is 0.350 e. The monoisotopic (exact) mass is 492 g/mol. The Kier molecular flexibility index (Phi) is 9.41. The van der Waals surface area contributed by atoms with E-state index in [1.54, 1.807) is 20.8 Å². The molecule has 0 aliphatic carbocycles. The van der Waals surface area contributed by atoms with E-state index >= 15 is 0 Å². The fourth-order valence-corrected chi connectivity index (χ4v) is 3.17. The van der Waals surface area contributed by atoms with Crippen LogP contribution in [0.2, 0.25) is 0 Å². The third-order valence-electron chi connectivity index (χ3n) is 4.94. The minimum atomic E-state index is -4.59. The molecular weight excluding hydrogens is 461 g/mol. The Balaban J connectivity index is 1.98. The Bertz CT molecular complexity index is 1050. The summed E-state index contributed by atoms with van der Waals surface area (Å²) in [4.78, 5) is 37.4. The molecule has 10 heteroatoms. The van der Waals surface area contributed by atoms with E-state index in [4.69, 9.17) is 0 Å². The topological polar surface area (TPSA) is 99.3 Å². The molecule has 2 aromatic rings. The highest BCUT2D eigenvalue weighted by Crippen LogP contribution is 2.29. The van der Waals surface area contributed by atoms with Crippen LogP contribution in [0.15, 0.2) is 48.5 Å².